The number of hydrogen-bond acceptors (Lipinski definition) is 4. The molecule has 0 aliphatic rings. The summed E-state index contributed by atoms with van der Waals surface area (Å²) in [6.07, 6.45) is 1.99. The van der Waals surface area contributed by atoms with E-state index < -0.39 is 22.8 Å². The average Bonchev–Trinajstić information content (AvgIpc) is 3.22. The van der Waals surface area contributed by atoms with Crippen LogP contribution in [0.1, 0.15) is 15.9 Å². The van der Waals surface area contributed by atoms with Crippen molar-refractivity contribution in [3.8, 4) is 0 Å². The highest BCUT2D eigenvalue weighted by Crippen LogP contribution is 2.22. The number of halogens is 1. The lowest BCUT2D eigenvalue weighted by Gasteiger charge is -2.19. The summed E-state index contributed by atoms with van der Waals surface area (Å²) in [6, 6.07) is 18.8. The molecule has 1 unspecified atom stereocenters. The molecule has 3 N–H and O–H groups in total. The minimum absolute atomic E-state index is 0.152. The lowest BCUT2D eigenvalue weighted by molar-refractivity contribution is -0.384. The van der Waals surface area contributed by atoms with Crippen molar-refractivity contribution < 1.29 is 14.5 Å². The quantitative estimate of drug-likeness (QED) is 0.272. The minimum atomic E-state index is -0.966. The molecule has 166 valence electrons. The molecule has 1 aromatic heterocycles. The van der Waals surface area contributed by atoms with Crippen LogP contribution in [-0.4, -0.2) is 27.8 Å². The molecule has 0 fully saturated rings. The number of aromatic nitrogens is 1. The summed E-state index contributed by atoms with van der Waals surface area (Å²) in [5, 5.41) is 17.7. The molecule has 4 aromatic rings. The number of amides is 2. The van der Waals surface area contributed by atoms with Crippen LogP contribution in [0.3, 0.4) is 0 Å². The van der Waals surface area contributed by atoms with Crippen molar-refractivity contribution >= 4 is 45.7 Å². The van der Waals surface area contributed by atoms with Gasteiger partial charge in [-0.25, -0.2) is 0 Å². The van der Waals surface area contributed by atoms with E-state index in [1.54, 1.807) is 36.5 Å². The summed E-state index contributed by atoms with van der Waals surface area (Å²) in [5.41, 5.74) is 2.09. The highest BCUT2D eigenvalue weighted by Gasteiger charge is 2.24. The number of para-hydroxylation sites is 1. The van der Waals surface area contributed by atoms with Gasteiger partial charge < -0.3 is 15.6 Å². The Morgan fingerprint density at radius 3 is 2.58 bits per heavy atom. The number of aromatic amines is 1. The van der Waals surface area contributed by atoms with Gasteiger partial charge in [-0.05, 0) is 29.8 Å². The molecule has 4 rings (SSSR count). The molecule has 9 heteroatoms. The Morgan fingerprint density at radius 2 is 1.79 bits per heavy atom. The van der Waals surface area contributed by atoms with E-state index in [1.807, 2.05) is 24.3 Å². The number of non-ortho nitro benzene ring substituents is 1. The van der Waals surface area contributed by atoms with E-state index in [0.29, 0.717) is 0 Å². The fourth-order valence-electron chi connectivity index (χ4n) is 3.54. The molecule has 0 saturated heterocycles. The first kappa shape index (κ1) is 22.0. The van der Waals surface area contributed by atoms with Crippen LogP contribution in [0.4, 0.5) is 11.4 Å². The molecule has 3 aromatic carbocycles. The smallest absolute Gasteiger partial charge is 0.271 e. The van der Waals surface area contributed by atoms with Crippen molar-refractivity contribution in [2.75, 3.05) is 5.32 Å². The summed E-state index contributed by atoms with van der Waals surface area (Å²) in [7, 11) is 0. The van der Waals surface area contributed by atoms with Gasteiger partial charge in [0.25, 0.3) is 11.6 Å². The molecule has 8 nitrogen and oxygen atoms in total. The molecule has 2 amide bonds. The standard InChI is InChI=1S/C24H19ClN4O4/c25-20-10-3-1-9-19(20)23(30)28-22(12-15-14-26-21-11-4-2-8-18(15)21)24(31)27-16-6-5-7-17(13-16)29(32)33/h1-11,13-14,22,26H,12H2,(H,27,31)(H,28,30). The lowest BCUT2D eigenvalue weighted by Crippen LogP contribution is -2.45. The van der Waals surface area contributed by atoms with Crippen LogP contribution >= 0.6 is 11.6 Å². The Bertz CT molecular complexity index is 1350. The van der Waals surface area contributed by atoms with E-state index in [2.05, 4.69) is 15.6 Å². The SMILES string of the molecule is O=C(NC(Cc1c[nH]c2ccccc12)C(=O)Nc1cccc([N+](=O)[O-])c1)c1ccccc1Cl. The number of nitro groups is 1. The van der Waals surface area contributed by atoms with Crippen molar-refractivity contribution in [2.24, 2.45) is 0 Å². The predicted octanol–water partition coefficient (Wildman–Crippen LogP) is 4.71. The number of carbonyl (C=O) groups is 2. The van der Waals surface area contributed by atoms with Crippen LogP contribution in [-0.2, 0) is 11.2 Å². The van der Waals surface area contributed by atoms with Crippen LogP contribution in [0.25, 0.3) is 10.9 Å². The van der Waals surface area contributed by atoms with Crippen LogP contribution in [0.2, 0.25) is 5.02 Å². The van der Waals surface area contributed by atoms with Gasteiger partial charge in [0.2, 0.25) is 5.91 Å². The monoisotopic (exact) mass is 462 g/mol. The summed E-state index contributed by atoms with van der Waals surface area (Å²) < 4.78 is 0. The van der Waals surface area contributed by atoms with Gasteiger partial charge in [0.15, 0.2) is 0 Å². The minimum Gasteiger partial charge on any atom is -0.361 e. The molecular weight excluding hydrogens is 444 g/mol. The lowest BCUT2D eigenvalue weighted by atomic mass is 10.0. The van der Waals surface area contributed by atoms with Gasteiger partial charge in [-0.3, -0.25) is 19.7 Å². The number of fused-ring (bicyclic) bond motifs is 1. The van der Waals surface area contributed by atoms with Crippen molar-refractivity contribution in [2.45, 2.75) is 12.5 Å². The second-order valence-electron chi connectivity index (χ2n) is 7.37. The van der Waals surface area contributed by atoms with Crippen molar-refractivity contribution in [1.29, 1.82) is 0 Å². The molecule has 1 heterocycles. The number of benzene rings is 3. The Hall–Kier alpha value is -4.17. The third-order valence-electron chi connectivity index (χ3n) is 5.16. The third-order valence-corrected chi connectivity index (χ3v) is 5.49. The summed E-state index contributed by atoms with van der Waals surface area (Å²) in [6.45, 7) is 0. The Morgan fingerprint density at radius 1 is 1.03 bits per heavy atom. The Kier molecular flexibility index (Phi) is 6.37. The van der Waals surface area contributed by atoms with Crippen LogP contribution < -0.4 is 10.6 Å². The zero-order valence-electron chi connectivity index (χ0n) is 17.2. The molecule has 0 aliphatic heterocycles. The zero-order chi connectivity index (χ0) is 23.4. The highest BCUT2D eigenvalue weighted by atomic mass is 35.5. The van der Waals surface area contributed by atoms with Crippen LogP contribution in [0.15, 0.2) is 79.0 Å². The number of carbonyl (C=O) groups excluding carboxylic acids is 2. The molecule has 0 bridgehead atoms. The topological polar surface area (TPSA) is 117 Å². The number of H-pyrrole nitrogens is 1. The number of hydrogen-bond donors (Lipinski definition) is 3. The molecule has 0 spiro atoms. The number of anilines is 1. The molecular formula is C24H19ClN4O4. The van der Waals surface area contributed by atoms with E-state index in [0.717, 1.165) is 16.5 Å². The number of nitrogens with one attached hydrogen (secondary N) is 3. The van der Waals surface area contributed by atoms with Gasteiger partial charge in [0, 0.05) is 41.3 Å². The first-order valence-electron chi connectivity index (χ1n) is 10.1. The van der Waals surface area contributed by atoms with Crippen molar-refractivity contribution in [3.05, 3.63) is 105 Å². The summed E-state index contributed by atoms with van der Waals surface area (Å²) in [4.78, 5) is 39.7. The van der Waals surface area contributed by atoms with E-state index >= 15 is 0 Å². The van der Waals surface area contributed by atoms with Crippen molar-refractivity contribution in [1.82, 2.24) is 10.3 Å². The number of rotatable bonds is 7. The first-order chi connectivity index (χ1) is 15.9. The van der Waals surface area contributed by atoms with E-state index in [1.165, 1.54) is 18.2 Å². The fraction of sp³-hybridized carbons (Fsp3) is 0.0833. The van der Waals surface area contributed by atoms with Crippen molar-refractivity contribution in [3.63, 3.8) is 0 Å². The van der Waals surface area contributed by atoms with Gasteiger partial charge >= 0.3 is 0 Å². The Balaban J connectivity index is 1.62. The van der Waals surface area contributed by atoms with Gasteiger partial charge in [-0.1, -0.05) is 48.0 Å². The first-order valence-corrected chi connectivity index (χ1v) is 10.5. The molecule has 0 radical (unpaired) electrons. The maximum Gasteiger partial charge on any atom is 0.271 e. The Labute approximate surface area is 193 Å². The van der Waals surface area contributed by atoms with Crippen LogP contribution in [0, 0.1) is 10.1 Å². The fourth-order valence-corrected chi connectivity index (χ4v) is 3.76. The van der Waals surface area contributed by atoms with E-state index in [-0.39, 0.29) is 28.4 Å². The predicted molar refractivity (Wildman–Crippen MR) is 126 cm³/mol. The maximum atomic E-state index is 13.2. The summed E-state index contributed by atoms with van der Waals surface area (Å²) >= 11 is 6.15. The summed E-state index contributed by atoms with van der Waals surface area (Å²) in [5.74, 6) is -1.01. The normalized spacial score (nSPS) is 11.7. The third kappa shape index (κ3) is 5.02. The van der Waals surface area contributed by atoms with Gasteiger partial charge in [-0.2, -0.15) is 0 Å². The second kappa shape index (κ2) is 9.54. The van der Waals surface area contributed by atoms with E-state index in [4.69, 9.17) is 11.6 Å². The average molecular weight is 463 g/mol. The van der Waals surface area contributed by atoms with Crippen LogP contribution in [0.5, 0.6) is 0 Å². The molecule has 0 saturated carbocycles. The largest absolute Gasteiger partial charge is 0.361 e. The molecule has 1 atom stereocenters. The zero-order valence-corrected chi connectivity index (χ0v) is 18.0. The van der Waals surface area contributed by atoms with Gasteiger partial charge in [0.1, 0.15) is 6.04 Å². The number of nitrogens with zero attached hydrogens (tertiary/aromatic N) is 1. The molecule has 33 heavy (non-hydrogen) atoms. The second-order valence-corrected chi connectivity index (χ2v) is 7.77. The van der Waals surface area contributed by atoms with E-state index in [9.17, 15) is 19.7 Å². The van der Waals surface area contributed by atoms with Gasteiger partial charge in [-0.15, -0.1) is 0 Å². The number of nitro benzene ring substituents is 1. The molecule has 0 aliphatic carbocycles. The maximum absolute atomic E-state index is 13.2. The highest BCUT2D eigenvalue weighted by molar-refractivity contribution is 6.33. The van der Waals surface area contributed by atoms with Gasteiger partial charge in [0.05, 0.1) is 15.5 Å².